The summed E-state index contributed by atoms with van der Waals surface area (Å²) in [5.41, 5.74) is 1.46. The fourth-order valence-electron chi connectivity index (χ4n) is 0.912. The predicted molar refractivity (Wildman–Crippen MR) is 42.6 cm³/mol. The molecule has 0 radical (unpaired) electrons. The summed E-state index contributed by atoms with van der Waals surface area (Å²) in [4.78, 5) is 2.18. The molecule has 0 saturated heterocycles. The van der Waals surface area contributed by atoms with Gasteiger partial charge in [-0.1, -0.05) is 18.6 Å². The minimum Gasteiger partial charge on any atom is -0.305 e. The molecule has 9 heavy (non-hydrogen) atoms. The van der Waals surface area contributed by atoms with Crippen LogP contribution in [0.25, 0.3) is 0 Å². The van der Waals surface area contributed by atoms with Crippen LogP contribution in [0.2, 0.25) is 0 Å². The molecule has 0 aliphatic heterocycles. The number of likely N-dealkylation sites (N-methyl/N-ethyl adjacent to an activating group) is 1. The van der Waals surface area contributed by atoms with Crippen LogP contribution in [-0.2, 0) is 0 Å². The molecule has 0 N–H and O–H groups in total. The Labute approximate surface area is 58.4 Å². The average Bonchev–Trinajstić information content (AvgIpc) is 1.63. The van der Waals surface area contributed by atoms with Crippen molar-refractivity contribution < 1.29 is 0 Å². The second-order valence-corrected chi connectivity index (χ2v) is 2.70. The zero-order valence-electron chi connectivity index (χ0n) is 6.94. The van der Waals surface area contributed by atoms with Crippen LogP contribution in [0, 0.1) is 0 Å². The number of allylic oxidation sites excluding steroid dienone is 1. The highest BCUT2D eigenvalue weighted by molar-refractivity contribution is 4.99. The standard InChI is InChI=1S/C8H17N/c1-5-6-8(2)7-9(3)4/h6H,5,7H2,1-4H3. The molecular formula is C8H17N. The Hall–Kier alpha value is -0.300. The summed E-state index contributed by atoms with van der Waals surface area (Å²) >= 11 is 0. The third-order valence-corrected chi connectivity index (χ3v) is 1.12. The van der Waals surface area contributed by atoms with E-state index in [1.165, 1.54) is 5.57 Å². The molecule has 0 saturated carbocycles. The molecule has 0 rings (SSSR count). The zero-order chi connectivity index (χ0) is 7.28. The fourth-order valence-corrected chi connectivity index (χ4v) is 0.912. The number of hydrogen-bond acceptors (Lipinski definition) is 1. The lowest BCUT2D eigenvalue weighted by atomic mass is 10.2. The number of nitrogens with zero attached hydrogens (tertiary/aromatic N) is 1. The Kier molecular flexibility index (Phi) is 4.41. The molecule has 0 spiro atoms. The van der Waals surface area contributed by atoms with Gasteiger partial charge in [-0.15, -0.1) is 0 Å². The van der Waals surface area contributed by atoms with Crippen LogP contribution in [0.1, 0.15) is 20.3 Å². The summed E-state index contributed by atoms with van der Waals surface area (Å²) in [6, 6.07) is 0. The zero-order valence-corrected chi connectivity index (χ0v) is 6.94. The van der Waals surface area contributed by atoms with Gasteiger partial charge >= 0.3 is 0 Å². The summed E-state index contributed by atoms with van der Waals surface area (Å²) in [6.07, 6.45) is 3.42. The van der Waals surface area contributed by atoms with E-state index in [9.17, 15) is 0 Å². The molecule has 0 heterocycles. The lowest BCUT2D eigenvalue weighted by Gasteiger charge is -2.08. The van der Waals surface area contributed by atoms with Gasteiger partial charge in [-0.25, -0.2) is 0 Å². The van der Waals surface area contributed by atoms with E-state index in [0.717, 1.165) is 13.0 Å². The van der Waals surface area contributed by atoms with Crippen LogP contribution < -0.4 is 0 Å². The van der Waals surface area contributed by atoms with Crippen LogP contribution in [0.5, 0.6) is 0 Å². The van der Waals surface area contributed by atoms with E-state index in [0.29, 0.717) is 0 Å². The minimum atomic E-state index is 1.09. The van der Waals surface area contributed by atoms with Crippen molar-refractivity contribution in [3.8, 4) is 0 Å². The molecule has 1 heteroatoms. The van der Waals surface area contributed by atoms with E-state index in [2.05, 4.69) is 38.9 Å². The quantitative estimate of drug-likeness (QED) is 0.523. The summed E-state index contributed by atoms with van der Waals surface area (Å²) in [7, 11) is 4.18. The van der Waals surface area contributed by atoms with Gasteiger partial charge < -0.3 is 4.90 Å². The van der Waals surface area contributed by atoms with Gasteiger partial charge in [0.05, 0.1) is 0 Å². The minimum absolute atomic E-state index is 1.09. The highest BCUT2D eigenvalue weighted by Gasteiger charge is 1.88. The summed E-state index contributed by atoms with van der Waals surface area (Å²) < 4.78 is 0. The largest absolute Gasteiger partial charge is 0.305 e. The van der Waals surface area contributed by atoms with Crippen molar-refractivity contribution in [2.75, 3.05) is 20.6 Å². The highest BCUT2D eigenvalue weighted by atomic mass is 15.0. The predicted octanol–water partition coefficient (Wildman–Crippen LogP) is 1.90. The van der Waals surface area contributed by atoms with Crippen molar-refractivity contribution in [1.29, 1.82) is 0 Å². The van der Waals surface area contributed by atoms with E-state index >= 15 is 0 Å². The average molecular weight is 127 g/mol. The van der Waals surface area contributed by atoms with Crippen LogP contribution >= 0.6 is 0 Å². The molecule has 0 fully saturated rings. The Morgan fingerprint density at radius 2 is 2.00 bits per heavy atom. The maximum atomic E-state index is 2.26. The molecule has 54 valence electrons. The van der Waals surface area contributed by atoms with Crippen molar-refractivity contribution in [3.05, 3.63) is 11.6 Å². The monoisotopic (exact) mass is 127 g/mol. The second-order valence-electron chi connectivity index (χ2n) is 2.70. The normalized spacial score (nSPS) is 12.8. The van der Waals surface area contributed by atoms with Crippen molar-refractivity contribution in [3.63, 3.8) is 0 Å². The first-order valence-corrected chi connectivity index (χ1v) is 3.47. The number of hydrogen-bond donors (Lipinski definition) is 0. The van der Waals surface area contributed by atoms with Crippen molar-refractivity contribution in [1.82, 2.24) is 4.90 Å². The third kappa shape index (κ3) is 5.57. The lowest BCUT2D eigenvalue weighted by Crippen LogP contribution is -2.13. The summed E-state index contributed by atoms with van der Waals surface area (Å²) in [5.74, 6) is 0. The van der Waals surface area contributed by atoms with Crippen LogP contribution in [0.4, 0.5) is 0 Å². The molecule has 0 unspecified atom stereocenters. The Morgan fingerprint density at radius 1 is 1.44 bits per heavy atom. The van der Waals surface area contributed by atoms with Crippen molar-refractivity contribution in [2.45, 2.75) is 20.3 Å². The smallest absolute Gasteiger partial charge is 0.0183 e. The molecule has 0 bridgehead atoms. The Morgan fingerprint density at radius 3 is 2.33 bits per heavy atom. The van der Waals surface area contributed by atoms with Gasteiger partial charge in [-0.3, -0.25) is 0 Å². The highest BCUT2D eigenvalue weighted by Crippen LogP contribution is 1.95. The van der Waals surface area contributed by atoms with Gasteiger partial charge in [-0.05, 0) is 27.4 Å². The third-order valence-electron chi connectivity index (χ3n) is 1.12. The van der Waals surface area contributed by atoms with Crippen molar-refractivity contribution in [2.24, 2.45) is 0 Å². The first-order chi connectivity index (χ1) is 4.16. The molecule has 0 aliphatic carbocycles. The molecule has 0 aromatic heterocycles. The summed E-state index contributed by atoms with van der Waals surface area (Å²) in [6.45, 7) is 5.43. The molecule has 0 amide bonds. The van der Waals surface area contributed by atoms with Crippen molar-refractivity contribution >= 4 is 0 Å². The van der Waals surface area contributed by atoms with E-state index in [1.54, 1.807) is 0 Å². The van der Waals surface area contributed by atoms with Gasteiger partial charge in [0, 0.05) is 6.54 Å². The lowest BCUT2D eigenvalue weighted by molar-refractivity contribution is 0.444. The van der Waals surface area contributed by atoms with E-state index in [1.807, 2.05) is 0 Å². The van der Waals surface area contributed by atoms with E-state index < -0.39 is 0 Å². The first kappa shape index (κ1) is 8.70. The van der Waals surface area contributed by atoms with Gasteiger partial charge in [-0.2, -0.15) is 0 Å². The van der Waals surface area contributed by atoms with E-state index in [-0.39, 0.29) is 0 Å². The number of rotatable bonds is 3. The molecule has 1 nitrogen and oxygen atoms in total. The van der Waals surface area contributed by atoms with Gasteiger partial charge in [0.1, 0.15) is 0 Å². The fraction of sp³-hybridized carbons (Fsp3) is 0.750. The Balaban J connectivity index is 3.49. The SMILES string of the molecule is CCC=C(C)CN(C)C. The van der Waals surface area contributed by atoms with Crippen LogP contribution in [0.3, 0.4) is 0 Å². The maximum absolute atomic E-state index is 2.26. The Bertz CT molecular complexity index is 92.7. The second kappa shape index (κ2) is 4.57. The summed E-state index contributed by atoms with van der Waals surface area (Å²) in [5, 5.41) is 0. The topological polar surface area (TPSA) is 3.24 Å². The van der Waals surface area contributed by atoms with E-state index in [4.69, 9.17) is 0 Å². The van der Waals surface area contributed by atoms with Crippen LogP contribution in [-0.4, -0.2) is 25.5 Å². The molecule has 0 aromatic rings. The van der Waals surface area contributed by atoms with Gasteiger partial charge in [0.15, 0.2) is 0 Å². The molecule has 0 aromatic carbocycles. The molecule has 0 aliphatic rings. The van der Waals surface area contributed by atoms with Gasteiger partial charge in [0.2, 0.25) is 0 Å². The molecule has 0 atom stereocenters. The first-order valence-electron chi connectivity index (χ1n) is 3.47. The van der Waals surface area contributed by atoms with Gasteiger partial charge in [0.25, 0.3) is 0 Å². The maximum Gasteiger partial charge on any atom is 0.0183 e. The molecular weight excluding hydrogens is 110 g/mol. The van der Waals surface area contributed by atoms with Crippen LogP contribution in [0.15, 0.2) is 11.6 Å².